The van der Waals surface area contributed by atoms with Crippen LogP contribution in [0.1, 0.15) is 68.6 Å². The first-order valence-electron chi connectivity index (χ1n) is 15.5. The number of ether oxygens (including phenoxy) is 6. The molecule has 2 aliphatic rings. The van der Waals surface area contributed by atoms with Crippen molar-refractivity contribution < 1.29 is 47.9 Å². The van der Waals surface area contributed by atoms with Crippen molar-refractivity contribution in [1.29, 1.82) is 0 Å². The largest absolute Gasteiger partial charge is 0.493 e. The van der Waals surface area contributed by atoms with Crippen LogP contribution >= 0.6 is 0 Å². The van der Waals surface area contributed by atoms with E-state index >= 15 is 0 Å². The van der Waals surface area contributed by atoms with Crippen LogP contribution in [0.2, 0.25) is 0 Å². The smallest absolute Gasteiger partial charge is 0.306 e. The minimum atomic E-state index is -1.27. The fraction of sp³-hybridized carbons (Fsp3) is 0.457. The van der Waals surface area contributed by atoms with E-state index in [0.717, 1.165) is 38.5 Å². The minimum absolute atomic E-state index is 0.129. The van der Waals surface area contributed by atoms with Crippen LogP contribution in [0.3, 0.4) is 0 Å². The molecule has 3 unspecified atom stereocenters. The van der Waals surface area contributed by atoms with Crippen molar-refractivity contribution in [3.8, 4) is 17.2 Å². The van der Waals surface area contributed by atoms with Gasteiger partial charge in [0.1, 0.15) is 5.75 Å². The van der Waals surface area contributed by atoms with Crippen LogP contribution in [-0.4, -0.2) is 62.2 Å². The third-order valence-electron chi connectivity index (χ3n) is 7.48. The average Bonchev–Trinajstić information content (AvgIpc) is 3.07. The second-order valence-corrected chi connectivity index (χ2v) is 10.8. The van der Waals surface area contributed by atoms with Gasteiger partial charge in [0.25, 0.3) is 0 Å². The molecule has 242 valence electrons. The molecule has 2 aromatic carbocycles. The Labute approximate surface area is 263 Å². The number of hydrogen-bond donors (Lipinski definition) is 1. The van der Waals surface area contributed by atoms with E-state index in [1.165, 1.54) is 25.3 Å². The summed E-state index contributed by atoms with van der Waals surface area (Å²) in [6.07, 6.45) is 10.1. The highest BCUT2D eigenvalue weighted by Gasteiger charge is 2.27. The summed E-state index contributed by atoms with van der Waals surface area (Å²) < 4.78 is 33.6. The maximum absolute atomic E-state index is 13.2. The standard InChI is InChI=1S/C35H42O10/c1-3-41-33(39)22-27(28(37)14-10-24-12-16-30(26(20-24)23-36)44-34-8-4-6-18-42-34)29(38)15-11-25-13-17-31(32(21-25)40-2)45-35-9-5-7-19-43-35/h10-17,20-21,27,34-36H,3-9,18-19,22-23H2,1-2H3/b14-10+,15-11+. The van der Waals surface area contributed by atoms with Crippen LogP contribution in [0.5, 0.6) is 17.2 Å². The van der Waals surface area contributed by atoms with Gasteiger partial charge >= 0.3 is 5.97 Å². The zero-order valence-electron chi connectivity index (χ0n) is 25.9. The maximum Gasteiger partial charge on any atom is 0.306 e. The normalized spacial score (nSPS) is 19.3. The molecule has 0 aromatic heterocycles. The highest BCUT2D eigenvalue weighted by molar-refractivity contribution is 6.15. The maximum atomic E-state index is 13.2. The average molecular weight is 623 g/mol. The molecule has 1 N–H and O–H groups in total. The number of rotatable bonds is 15. The van der Waals surface area contributed by atoms with E-state index in [-0.39, 0.29) is 25.8 Å². The highest BCUT2D eigenvalue weighted by atomic mass is 16.7. The first kappa shape index (κ1) is 33.9. The Morgan fingerprint density at radius 1 is 0.844 bits per heavy atom. The van der Waals surface area contributed by atoms with Gasteiger partial charge in [-0.3, -0.25) is 14.4 Å². The molecule has 45 heavy (non-hydrogen) atoms. The molecule has 2 saturated heterocycles. The van der Waals surface area contributed by atoms with Gasteiger partial charge in [-0.25, -0.2) is 0 Å². The van der Waals surface area contributed by atoms with Gasteiger partial charge in [0.05, 0.1) is 45.9 Å². The van der Waals surface area contributed by atoms with Gasteiger partial charge in [-0.05, 0) is 80.2 Å². The van der Waals surface area contributed by atoms with E-state index in [0.29, 0.717) is 47.2 Å². The van der Waals surface area contributed by atoms with Gasteiger partial charge in [-0.2, -0.15) is 0 Å². The number of carbonyl (C=O) groups is 3. The predicted molar refractivity (Wildman–Crippen MR) is 167 cm³/mol. The van der Waals surface area contributed by atoms with E-state index in [4.69, 9.17) is 28.4 Å². The first-order valence-corrected chi connectivity index (χ1v) is 15.5. The zero-order valence-corrected chi connectivity index (χ0v) is 25.9. The third kappa shape index (κ3) is 10.3. The summed E-state index contributed by atoms with van der Waals surface area (Å²) in [5.41, 5.74) is 1.81. The summed E-state index contributed by atoms with van der Waals surface area (Å²) in [5.74, 6) is -1.49. The molecule has 3 atom stereocenters. The van der Waals surface area contributed by atoms with Gasteiger partial charge in [-0.15, -0.1) is 0 Å². The Kier molecular flexibility index (Phi) is 13.2. The molecule has 2 fully saturated rings. The second kappa shape index (κ2) is 17.5. The SMILES string of the molecule is CCOC(=O)CC(C(=O)/C=C/c1ccc(OC2CCCCO2)c(CO)c1)C(=O)/C=C/c1ccc(OC2CCCCO2)c(OC)c1. The number of ketones is 2. The number of hydrogen-bond acceptors (Lipinski definition) is 10. The van der Waals surface area contributed by atoms with E-state index in [9.17, 15) is 19.5 Å². The number of aliphatic hydroxyl groups excluding tert-OH is 1. The Morgan fingerprint density at radius 3 is 1.96 bits per heavy atom. The van der Waals surface area contributed by atoms with Crippen LogP contribution in [0.15, 0.2) is 48.6 Å². The van der Waals surface area contributed by atoms with Gasteiger partial charge in [0.2, 0.25) is 0 Å². The zero-order chi connectivity index (χ0) is 32.0. The Balaban J connectivity index is 1.45. The number of carbonyl (C=O) groups excluding carboxylic acids is 3. The molecule has 0 saturated carbocycles. The molecule has 2 aromatic rings. The second-order valence-electron chi connectivity index (χ2n) is 10.8. The van der Waals surface area contributed by atoms with Crippen LogP contribution in [0, 0.1) is 5.92 Å². The van der Waals surface area contributed by atoms with Crippen molar-refractivity contribution in [1.82, 2.24) is 0 Å². The molecule has 0 radical (unpaired) electrons. The van der Waals surface area contributed by atoms with E-state index in [1.807, 2.05) is 0 Å². The van der Waals surface area contributed by atoms with Gasteiger partial charge in [0, 0.05) is 18.4 Å². The van der Waals surface area contributed by atoms with E-state index in [2.05, 4.69) is 0 Å². The number of benzene rings is 2. The molecule has 0 bridgehead atoms. The molecule has 0 amide bonds. The summed E-state index contributed by atoms with van der Waals surface area (Å²) in [6, 6.07) is 10.4. The van der Waals surface area contributed by atoms with Gasteiger partial charge < -0.3 is 33.5 Å². The van der Waals surface area contributed by atoms with Gasteiger partial charge in [-0.1, -0.05) is 24.3 Å². The quantitative estimate of drug-likeness (QED) is 0.156. The summed E-state index contributed by atoms with van der Waals surface area (Å²) in [4.78, 5) is 38.8. The predicted octanol–water partition coefficient (Wildman–Crippen LogP) is 5.43. The molecule has 0 spiro atoms. The summed E-state index contributed by atoms with van der Waals surface area (Å²) >= 11 is 0. The van der Waals surface area contributed by atoms with Crippen molar-refractivity contribution in [2.24, 2.45) is 5.92 Å². The molecule has 2 heterocycles. The third-order valence-corrected chi connectivity index (χ3v) is 7.48. The summed E-state index contributed by atoms with van der Waals surface area (Å²) in [5, 5.41) is 9.90. The Hall–Kier alpha value is -3.99. The lowest BCUT2D eigenvalue weighted by molar-refractivity contribution is -0.147. The minimum Gasteiger partial charge on any atom is -0.493 e. The molecule has 0 aliphatic carbocycles. The Bertz CT molecular complexity index is 1260. The fourth-order valence-electron chi connectivity index (χ4n) is 5.04. The molecular weight excluding hydrogens is 580 g/mol. The van der Waals surface area contributed by atoms with Crippen LogP contribution in [0.25, 0.3) is 12.2 Å². The van der Waals surface area contributed by atoms with Crippen molar-refractivity contribution in [2.45, 2.75) is 71.1 Å². The van der Waals surface area contributed by atoms with Crippen LogP contribution in [0.4, 0.5) is 0 Å². The lowest BCUT2D eigenvalue weighted by Crippen LogP contribution is -2.25. The summed E-state index contributed by atoms with van der Waals surface area (Å²) in [6.45, 7) is 2.80. The Morgan fingerprint density at radius 2 is 1.42 bits per heavy atom. The molecular formula is C35H42O10. The number of methoxy groups -OCH3 is 1. The molecule has 4 rings (SSSR count). The summed E-state index contributed by atoms with van der Waals surface area (Å²) in [7, 11) is 1.53. The highest BCUT2D eigenvalue weighted by Crippen LogP contribution is 2.31. The van der Waals surface area contributed by atoms with Crippen LogP contribution < -0.4 is 14.2 Å². The number of aliphatic hydroxyl groups is 1. The van der Waals surface area contributed by atoms with Crippen molar-refractivity contribution in [2.75, 3.05) is 26.9 Å². The topological polar surface area (TPSA) is 127 Å². The van der Waals surface area contributed by atoms with E-state index < -0.39 is 29.9 Å². The fourth-order valence-corrected chi connectivity index (χ4v) is 5.04. The molecule has 10 heteroatoms. The molecule has 2 aliphatic heterocycles. The van der Waals surface area contributed by atoms with Crippen molar-refractivity contribution in [3.63, 3.8) is 0 Å². The van der Waals surface area contributed by atoms with Crippen molar-refractivity contribution in [3.05, 3.63) is 65.2 Å². The van der Waals surface area contributed by atoms with Crippen molar-refractivity contribution >= 4 is 29.7 Å². The van der Waals surface area contributed by atoms with E-state index in [1.54, 1.807) is 49.4 Å². The molecule has 10 nitrogen and oxygen atoms in total. The number of esters is 1. The van der Waals surface area contributed by atoms with Gasteiger partial charge in [0.15, 0.2) is 35.6 Å². The monoisotopic (exact) mass is 622 g/mol. The van der Waals surface area contributed by atoms with Crippen LogP contribution in [-0.2, 0) is 35.2 Å². The lowest BCUT2D eigenvalue weighted by atomic mass is 9.93. The lowest BCUT2D eigenvalue weighted by Gasteiger charge is -2.24. The number of allylic oxidation sites excluding steroid dienone is 2. The first-order chi connectivity index (χ1) is 21.9.